The third-order valence-electron chi connectivity index (χ3n) is 0.986. The van der Waals surface area contributed by atoms with E-state index in [1.54, 1.807) is 12.2 Å². The van der Waals surface area contributed by atoms with Crippen LogP contribution in [0.4, 0.5) is 0 Å². The minimum atomic E-state index is -0.238. The number of amides is 1. The van der Waals surface area contributed by atoms with Gasteiger partial charge in [-0.3, -0.25) is 4.79 Å². The third kappa shape index (κ3) is 4.11. The summed E-state index contributed by atoms with van der Waals surface area (Å²) in [6, 6.07) is 0. The van der Waals surface area contributed by atoms with Crippen molar-refractivity contribution in [2.45, 2.75) is 0 Å². The Morgan fingerprint density at radius 1 is 1.55 bits per heavy atom. The van der Waals surface area contributed by atoms with Crippen molar-refractivity contribution in [1.29, 1.82) is 0 Å². The molecule has 0 atom stereocenters. The lowest BCUT2D eigenvalue weighted by molar-refractivity contribution is -0.118. The van der Waals surface area contributed by atoms with E-state index in [2.05, 4.69) is 18.5 Å². The fourth-order valence-electron chi connectivity index (χ4n) is 0.500. The Morgan fingerprint density at radius 3 is 2.55 bits per heavy atom. The summed E-state index contributed by atoms with van der Waals surface area (Å²) in [5.74, 6) is -0.238. The first-order valence-corrected chi connectivity index (χ1v) is 3.19. The smallest absolute Gasteiger partial charge is 0.238 e. The van der Waals surface area contributed by atoms with Crippen molar-refractivity contribution in [1.82, 2.24) is 5.32 Å². The Balaban J connectivity index is 4.08. The Bertz CT molecular complexity index is 194. The first-order chi connectivity index (χ1) is 5.24. The third-order valence-corrected chi connectivity index (χ3v) is 0.986. The van der Waals surface area contributed by atoms with Crippen molar-refractivity contribution >= 4 is 5.91 Å². The highest BCUT2D eigenvalue weighted by Crippen LogP contribution is 1.89. The predicted octanol–water partition coefficient (Wildman–Crippen LogP) is 0.317. The fourth-order valence-corrected chi connectivity index (χ4v) is 0.500. The topological polar surface area (TPSA) is 55.1 Å². The Labute approximate surface area is 66.3 Å². The van der Waals surface area contributed by atoms with Crippen molar-refractivity contribution in [3.8, 4) is 0 Å². The number of hydrogen-bond acceptors (Lipinski definition) is 2. The van der Waals surface area contributed by atoms with E-state index in [4.69, 9.17) is 5.73 Å². The second-order valence-corrected chi connectivity index (χ2v) is 1.81. The van der Waals surface area contributed by atoms with Crippen LogP contribution in [0.5, 0.6) is 0 Å². The highest BCUT2D eigenvalue weighted by molar-refractivity contribution is 5.80. The van der Waals surface area contributed by atoms with Gasteiger partial charge in [0.25, 0.3) is 0 Å². The van der Waals surface area contributed by atoms with E-state index >= 15 is 0 Å². The van der Waals surface area contributed by atoms with Crippen LogP contribution in [0.3, 0.4) is 0 Å². The minimum Gasteiger partial charge on any atom is -0.325 e. The van der Waals surface area contributed by atoms with Gasteiger partial charge in [0.2, 0.25) is 5.91 Å². The van der Waals surface area contributed by atoms with Crippen LogP contribution in [0, 0.1) is 0 Å². The van der Waals surface area contributed by atoms with Gasteiger partial charge in [-0.2, -0.15) is 0 Å². The van der Waals surface area contributed by atoms with Crippen molar-refractivity contribution in [2.24, 2.45) is 5.73 Å². The maximum absolute atomic E-state index is 10.7. The number of allylic oxidation sites excluding steroid dienone is 3. The van der Waals surface area contributed by atoms with Gasteiger partial charge in [0, 0.05) is 5.70 Å². The lowest BCUT2D eigenvalue weighted by atomic mass is 10.3. The van der Waals surface area contributed by atoms with E-state index in [0.717, 1.165) is 0 Å². The minimum absolute atomic E-state index is 0.0255. The predicted molar refractivity (Wildman–Crippen MR) is 45.7 cm³/mol. The molecule has 0 aromatic heterocycles. The molecule has 0 unspecified atom stereocenters. The van der Waals surface area contributed by atoms with Gasteiger partial charge in [0.1, 0.15) is 0 Å². The average Bonchev–Trinajstić information content (AvgIpc) is 2.03. The number of carbonyl (C=O) groups excluding carboxylic acids is 1. The molecule has 1 amide bonds. The Kier molecular flexibility index (Phi) is 4.77. The van der Waals surface area contributed by atoms with Crippen molar-refractivity contribution in [3.63, 3.8) is 0 Å². The van der Waals surface area contributed by atoms with Crippen LogP contribution in [0.1, 0.15) is 0 Å². The number of nitrogens with one attached hydrogen (secondary N) is 1. The van der Waals surface area contributed by atoms with Crippen LogP contribution in [0.2, 0.25) is 0 Å². The lowest BCUT2D eigenvalue weighted by Crippen LogP contribution is -2.28. The van der Waals surface area contributed by atoms with Crippen molar-refractivity contribution < 1.29 is 4.79 Å². The Morgan fingerprint density at radius 2 is 2.18 bits per heavy atom. The van der Waals surface area contributed by atoms with Gasteiger partial charge in [-0.05, 0) is 12.2 Å². The summed E-state index contributed by atoms with van der Waals surface area (Å²) in [6.45, 7) is 6.94. The largest absolute Gasteiger partial charge is 0.325 e. The molecule has 0 saturated carbocycles. The molecule has 0 saturated heterocycles. The highest BCUT2D eigenvalue weighted by atomic mass is 16.1. The maximum Gasteiger partial charge on any atom is 0.238 e. The summed E-state index contributed by atoms with van der Waals surface area (Å²) < 4.78 is 0. The molecule has 0 aliphatic heterocycles. The normalized spacial score (nSPS) is 10.5. The van der Waals surface area contributed by atoms with Gasteiger partial charge in [-0.25, -0.2) is 0 Å². The number of nitrogens with two attached hydrogens (primary N) is 1. The van der Waals surface area contributed by atoms with Crippen LogP contribution in [0.15, 0.2) is 37.1 Å². The SMILES string of the molecule is C=CC=C(C=C)NC(=O)CN. The van der Waals surface area contributed by atoms with Crippen LogP contribution in [0.25, 0.3) is 0 Å². The van der Waals surface area contributed by atoms with E-state index in [-0.39, 0.29) is 12.5 Å². The molecule has 0 aromatic rings. The molecule has 0 aromatic carbocycles. The first-order valence-electron chi connectivity index (χ1n) is 3.19. The number of hydrogen-bond donors (Lipinski definition) is 2. The lowest BCUT2D eigenvalue weighted by Gasteiger charge is -2.01. The summed E-state index contributed by atoms with van der Waals surface area (Å²) in [7, 11) is 0. The average molecular weight is 152 g/mol. The second-order valence-electron chi connectivity index (χ2n) is 1.81. The molecular formula is C8H12N2O. The summed E-state index contributed by atoms with van der Waals surface area (Å²) >= 11 is 0. The van der Waals surface area contributed by atoms with Gasteiger partial charge in [0.15, 0.2) is 0 Å². The quantitative estimate of drug-likeness (QED) is 0.570. The second kappa shape index (κ2) is 5.44. The zero-order chi connectivity index (χ0) is 8.69. The molecule has 3 nitrogen and oxygen atoms in total. The van der Waals surface area contributed by atoms with Gasteiger partial charge in [-0.1, -0.05) is 19.2 Å². The first kappa shape index (κ1) is 9.65. The van der Waals surface area contributed by atoms with Gasteiger partial charge in [-0.15, -0.1) is 0 Å². The number of rotatable bonds is 4. The monoisotopic (exact) mass is 152 g/mol. The van der Waals surface area contributed by atoms with Crippen molar-refractivity contribution in [2.75, 3.05) is 6.54 Å². The molecule has 3 heteroatoms. The van der Waals surface area contributed by atoms with Gasteiger partial charge >= 0.3 is 0 Å². The van der Waals surface area contributed by atoms with E-state index in [0.29, 0.717) is 5.70 Å². The van der Waals surface area contributed by atoms with E-state index in [1.165, 1.54) is 6.08 Å². The van der Waals surface area contributed by atoms with Crippen LogP contribution >= 0.6 is 0 Å². The molecule has 3 N–H and O–H groups in total. The standard InChI is InChI=1S/C8H12N2O/c1-3-5-7(4-2)10-8(11)6-9/h3-5H,1-2,6,9H2,(H,10,11). The van der Waals surface area contributed by atoms with E-state index < -0.39 is 0 Å². The summed E-state index contributed by atoms with van der Waals surface area (Å²) in [6.07, 6.45) is 4.73. The van der Waals surface area contributed by atoms with Gasteiger partial charge in [0.05, 0.1) is 6.54 Å². The molecule has 0 heterocycles. The highest BCUT2D eigenvalue weighted by Gasteiger charge is 1.96. The molecule has 11 heavy (non-hydrogen) atoms. The van der Waals surface area contributed by atoms with E-state index in [9.17, 15) is 4.79 Å². The Hall–Kier alpha value is -1.35. The molecule has 0 bridgehead atoms. The molecule has 0 fully saturated rings. The molecular weight excluding hydrogens is 140 g/mol. The molecule has 0 spiro atoms. The van der Waals surface area contributed by atoms with Crippen LogP contribution in [-0.4, -0.2) is 12.5 Å². The van der Waals surface area contributed by atoms with Crippen molar-refractivity contribution in [3.05, 3.63) is 37.1 Å². The fraction of sp³-hybridized carbons (Fsp3) is 0.125. The molecule has 0 radical (unpaired) electrons. The zero-order valence-corrected chi connectivity index (χ0v) is 6.34. The van der Waals surface area contributed by atoms with Crippen LogP contribution in [-0.2, 0) is 4.79 Å². The maximum atomic E-state index is 10.7. The zero-order valence-electron chi connectivity index (χ0n) is 6.34. The molecule has 0 aliphatic carbocycles. The molecule has 0 aliphatic rings. The summed E-state index contributed by atoms with van der Waals surface area (Å²) in [5, 5.41) is 2.53. The molecule has 0 rings (SSSR count). The summed E-state index contributed by atoms with van der Waals surface area (Å²) in [4.78, 5) is 10.7. The number of carbonyl (C=O) groups is 1. The van der Waals surface area contributed by atoms with Gasteiger partial charge < -0.3 is 11.1 Å². The van der Waals surface area contributed by atoms with Crippen LogP contribution < -0.4 is 11.1 Å². The summed E-state index contributed by atoms with van der Waals surface area (Å²) in [5.41, 5.74) is 5.68. The van der Waals surface area contributed by atoms with E-state index in [1.807, 2.05) is 0 Å². The molecule has 60 valence electrons.